The van der Waals surface area contributed by atoms with Gasteiger partial charge in [0.1, 0.15) is 6.04 Å². The Balaban J connectivity index is 1.58. The Morgan fingerprint density at radius 3 is 2.55 bits per heavy atom. The third kappa shape index (κ3) is 1.87. The summed E-state index contributed by atoms with van der Waals surface area (Å²) in [4.78, 5) is 29.2. The summed E-state index contributed by atoms with van der Waals surface area (Å²) in [6, 6.07) is 0.300. The Morgan fingerprint density at radius 2 is 1.80 bits per heavy atom. The van der Waals surface area contributed by atoms with Gasteiger partial charge >= 0.3 is 0 Å². The fourth-order valence-electron chi connectivity index (χ4n) is 5.07. The molecular weight excluding hydrogens is 252 g/mol. The third-order valence-corrected chi connectivity index (χ3v) is 6.06. The van der Waals surface area contributed by atoms with E-state index < -0.39 is 0 Å². The SMILES string of the molecule is O=C1CCN(C2CC3CCC2C3)C(=O)C2CCCCN12. The third-order valence-electron chi connectivity index (χ3n) is 6.06. The molecular formula is C16H24N2O2. The first-order valence-electron chi connectivity index (χ1n) is 8.34. The van der Waals surface area contributed by atoms with Crippen molar-refractivity contribution in [3.8, 4) is 0 Å². The van der Waals surface area contributed by atoms with Crippen molar-refractivity contribution < 1.29 is 9.59 Å². The van der Waals surface area contributed by atoms with Gasteiger partial charge in [0.2, 0.25) is 11.8 Å². The Morgan fingerprint density at radius 1 is 0.900 bits per heavy atom. The molecule has 0 aromatic rings. The maximum Gasteiger partial charge on any atom is 0.245 e. The molecule has 0 spiro atoms. The summed E-state index contributed by atoms with van der Waals surface area (Å²) in [5, 5.41) is 0. The molecule has 4 heteroatoms. The van der Waals surface area contributed by atoms with Crippen molar-refractivity contribution in [2.45, 2.75) is 63.5 Å². The summed E-state index contributed by atoms with van der Waals surface area (Å²) in [5.74, 6) is 2.02. The number of amides is 2. The van der Waals surface area contributed by atoms with Gasteiger partial charge in [0.05, 0.1) is 0 Å². The predicted octanol–water partition coefficient (Wildman–Crippen LogP) is 1.79. The van der Waals surface area contributed by atoms with Crippen LogP contribution in [-0.4, -0.2) is 46.8 Å². The summed E-state index contributed by atoms with van der Waals surface area (Å²) in [6.45, 7) is 1.46. The second-order valence-electron chi connectivity index (χ2n) is 7.12. The largest absolute Gasteiger partial charge is 0.337 e. The number of hydrogen-bond donors (Lipinski definition) is 0. The summed E-state index contributed by atoms with van der Waals surface area (Å²) >= 11 is 0. The van der Waals surface area contributed by atoms with Crippen LogP contribution in [0.3, 0.4) is 0 Å². The minimum atomic E-state index is -0.141. The van der Waals surface area contributed by atoms with Gasteiger partial charge in [0.25, 0.3) is 0 Å². The number of piperidine rings is 1. The lowest BCUT2D eigenvalue weighted by molar-refractivity contribution is -0.144. The smallest absolute Gasteiger partial charge is 0.245 e. The van der Waals surface area contributed by atoms with Crippen LogP contribution in [-0.2, 0) is 9.59 Å². The topological polar surface area (TPSA) is 40.6 Å². The number of rotatable bonds is 1. The van der Waals surface area contributed by atoms with E-state index in [0.29, 0.717) is 24.9 Å². The van der Waals surface area contributed by atoms with E-state index in [0.717, 1.165) is 31.7 Å². The molecule has 4 atom stereocenters. The molecule has 2 bridgehead atoms. The van der Waals surface area contributed by atoms with Gasteiger partial charge in [0, 0.05) is 25.6 Å². The average molecular weight is 276 g/mol. The van der Waals surface area contributed by atoms with Gasteiger partial charge in [-0.15, -0.1) is 0 Å². The standard InChI is InChI=1S/C16H24N2O2/c19-15-6-8-18(14-10-11-4-5-12(14)9-11)16(20)13-3-1-2-7-17(13)15/h11-14H,1-10H2. The van der Waals surface area contributed by atoms with Crippen LogP contribution in [0.1, 0.15) is 51.4 Å². The zero-order valence-corrected chi connectivity index (χ0v) is 12.1. The maximum absolute atomic E-state index is 12.9. The first-order chi connectivity index (χ1) is 9.74. The molecule has 4 aliphatic rings. The lowest BCUT2D eigenvalue weighted by Gasteiger charge is -2.38. The first kappa shape index (κ1) is 12.7. The van der Waals surface area contributed by atoms with Gasteiger partial charge in [-0.1, -0.05) is 6.42 Å². The molecule has 4 rings (SSSR count). The van der Waals surface area contributed by atoms with Gasteiger partial charge in [-0.25, -0.2) is 0 Å². The lowest BCUT2D eigenvalue weighted by Crippen LogP contribution is -2.52. The summed E-state index contributed by atoms with van der Waals surface area (Å²) in [7, 11) is 0. The van der Waals surface area contributed by atoms with Gasteiger partial charge in [-0.05, 0) is 50.4 Å². The van der Waals surface area contributed by atoms with Crippen LogP contribution in [0.5, 0.6) is 0 Å². The molecule has 2 saturated heterocycles. The molecule has 4 unspecified atom stereocenters. The molecule has 4 fully saturated rings. The molecule has 0 N–H and O–H groups in total. The highest BCUT2D eigenvalue weighted by molar-refractivity contribution is 5.90. The first-order valence-corrected chi connectivity index (χ1v) is 8.34. The lowest BCUT2D eigenvalue weighted by atomic mass is 9.93. The van der Waals surface area contributed by atoms with Crippen molar-refractivity contribution in [1.82, 2.24) is 9.80 Å². The second-order valence-corrected chi connectivity index (χ2v) is 7.12. The van der Waals surface area contributed by atoms with Crippen LogP contribution in [0.15, 0.2) is 0 Å². The quantitative estimate of drug-likeness (QED) is 0.732. The zero-order chi connectivity index (χ0) is 13.7. The Labute approximate surface area is 120 Å². The van der Waals surface area contributed by atoms with E-state index in [1.165, 1.54) is 25.7 Å². The fourth-order valence-corrected chi connectivity index (χ4v) is 5.07. The molecule has 0 radical (unpaired) electrons. The molecule has 20 heavy (non-hydrogen) atoms. The van der Waals surface area contributed by atoms with Gasteiger partial charge in [-0.2, -0.15) is 0 Å². The summed E-state index contributed by atoms with van der Waals surface area (Å²) in [5.41, 5.74) is 0. The van der Waals surface area contributed by atoms with E-state index in [4.69, 9.17) is 0 Å². The Hall–Kier alpha value is -1.06. The van der Waals surface area contributed by atoms with Crippen molar-refractivity contribution in [3.05, 3.63) is 0 Å². The number of carbonyl (C=O) groups is 2. The van der Waals surface area contributed by atoms with E-state index in [1.54, 1.807) is 0 Å². The summed E-state index contributed by atoms with van der Waals surface area (Å²) in [6.07, 6.45) is 8.72. The van der Waals surface area contributed by atoms with Crippen LogP contribution in [0, 0.1) is 11.8 Å². The van der Waals surface area contributed by atoms with Crippen molar-refractivity contribution >= 4 is 11.8 Å². The molecule has 2 aliphatic carbocycles. The number of hydrogen-bond acceptors (Lipinski definition) is 2. The van der Waals surface area contributed by atoms with Crippen LogP contribution in [0.4, 0.5) is 0 Å². The minimum absolute atomic E-state index is 0.141. The molecule has 0 aromatic heterocycles. The normalized spacial score (nSPS) is 41.0. The zero-order valence-electron chi connectivity index (χ0n) is 12.1. The number of carbonyl (C=O) groups excluding carboxylic acids is 2. The highest BCUT2D eigenvalue weighted by atomic mass is 16.2. The van der Waals surface area contributed by atoms with Crippen molar-refractivity contribution in [1.29, 1.82) is 0 Å². The van der Waals surface area contributed by atoms with Crippen molar-refractivity contribution in [2.24, 2.45) is 11.8 Å². The minimum Gasteiger partial charge on any atom is -0.337 e. The molecule has 0 aromatic carbocycles. The molecule has 4 nitrogen and oxygen atoms in total. The summed E-state index contributed by atoms with van der Waals surface area (Å²) < 4.78 is 0. The molecule has 110 valence electrons. The van der Waals surface area contributed by atoms with Crippen molar-refractivity contribution in [3.63, 3.8) is 0 Å². The van der Waals surface area contributed by atoms with E-state index >= 15 is 0 Å². The second kappa shape index (κ2) is 4.74. The van der Waals surface area contributed by atoms with Crippen LogP contribution < -0.4 is 0 Å². The molecule has 2 amide bonds. The molecule has 2 heterocycles. The van der Waals surface area contributed by atoms with Gasteiger partial charge in [-0.3, -0.25) is 9.59 Å². The maximum atomic E-state index is 12.9. The number of nitrogens with zero attached hydrogens (tertiary/aromatic N) is 2. The van der Waals surface area contributed by atoms with Gasteiger partial charge in [0.15, 0.2) is 0 Å². The monoisotopic (exact) mass is 276 g/mol. The highest BCUT2D eigenvalue weighted by Gasteiger charge is 2.47. The predicted molar refractivity (Wildman–Crippen MR) is 74.9 cm³/mol. The van der Waals surface area contributed by atoms with Gasteiger partial charge < -0.3 is 9.80 Å². The highest BCUT2D eigenvalue weighted by Crippen LogP contribution is 2.47. The number of fused-ring (bicyclic) bond motifs is 3. The van der Waals surface area contributed by atoms with Crippen LogP contribution in [0.2, 0.25) is 0 Å². The Bertz CT molecular complexity index is 436. The van der Waals surface area contributed by atoms with Crippen LogP contribution in [0.25, 0.3) is 0 Å². The van der Waals surface area contributed by atoms with E-state index in [2.05, 4.69) is 4.90 Å². The average Bonchev–Trinajstić information content (AvgIpc) is 3.07. The van der Waals surface area contributed by atoms with E-state index in [1.807, 2.05) is 4.90 Å². The molecule has 2 aliphatic heterocycles. The van der Waals surface area contributed by atoms with Crippen molar-refractivity contribution in [2.75, 3.05) is 13.1 Å². The van der Waals surface area contributed by atoms with E-state index in [9.17, 15) is 9.59 Å². The fraction of sp³-hybridized carbons (Fsp3) is 0.875. The Kier molecular flexibility index (Phi) is 3.00. The van der Waals surface area contributed by atoms with Crippen LogP contribution >= 0.6 is 0 Å². The molecule has 2 saturated carbocycles. The van der Waals surface area contributed by atoms with E-state index in [-0.39, 0.29) is 17.9 Å².